The van der Waals surface area contributed by atoms with Crippen molar-refractivity contribution in [2.24, 2.45) is 0 Å². The molecule has 0 spiro atoms. The zero-order valence-corrected chi connectivity index (χ0v) is 10.5. The summed E-state index contributed by atoms with van der Waals surface area (Å²) in [6.45, 7) is 3.24. The Morgan fingerprint density at radius 3 is 2.29 bits per heavy atom. The lowest BCUT2D eigenvalue weighted by Crippen LogP contribution is -2.17. The maximum atomic E-state index is 5.78. The summed E-state index contributed by atoms with van der Waals surface area (Å²) in [6.07, 6.45) is 12.8. The molecule has 0 aromatic carbocycles. The van der Waals surface area contributed by atoms with Crippen LogP contribution in [0.4, 0.5) is 0 Å². The van der Waals surface area contributed by atoms with E-state index >= 15 is 0 Å². The molecule has 86 valence electrons. The third-order valence-electron chi connectivity index (χ3n) is 2.65. The van der Waals surface area contributed by atoms with Crippen LogP contribution < -0.4 is 0 Å². The minimum atomic E-state index is 0.607. The van der Waals surface area contributed by atoms with E-state index in [-0.39, 0.29) is 0 Å². The molecule has 0 aromatic heterocycles. The van der Waals surface area contributed by atoms with Gasteiger partial charge in [0.1, 0.15) is 0 Å². The van der Waals surface area contributed by atoms with Crippen molar-refractivity contribution < 1.29 is 4.74 Å². The Morgan fingerprint density at radius 2 is 1.71 bits per heavy atom. The highest BCUT2D eigenvalue weighted by molar-refractivity contribution is 6.15. The molecule has 1 aliphatic rings. The van der Waals surface area contributed by atoms with Crippen LogP contribution in [0.5, 0.6) is 0 Å². The number of ether oxygens (including phenoxy) is 1. The fraction of sp³-hybridized carbons (Fsp3) is 1.00. The molecule has 1 saturated carbocycles. The van der Waals surface area contributed by atoms with Crippen LogP contribution in [0.15, 0.2) is 0 Å². The number of alkyl halides is 1. The van der Waals surface area contributed by atoms with E-state index in [4.69, 9.17) is 4.74 Å². The fourth-order valence-electron chi connectivity index (χ4n) is 1.83. The highest BCUT2D eigenvalue weighted by Crippen LogP contribution is 2.20. The molecule has 0 atom stereocenters. The van der Waals surface area contributed by atoms with Crippen molar-refractivity contribution in [3.63, 3.8) is 0 Å². The molecular formula is C12H25ClO. The van der Waals surface area contributed by atoms with Gasteiger partial charge in [-0.05, 0) is 19.3 Å². The number of rotatable bonds is 5. The third-order valence-corrected chi connectivity index (χ3v) is 2.65. The summed E-state index contributed by atoms with van der Waals surface area (Å²) in [5.41, 5.74) is 0. The zero-order chi connectivity index (χ0) is 10.6. The molecule has 0 bridgehead atoms. The summed E-state index contributed by atoms with van der Waals surface area (Å²) in [5, 5.41) is 0. The zero-order valence-electron chi connectivity index (χ0n) is 9.73. The Balaban J connectivity index is 0.000000791. The van der Waals surface area contributed by atoms with E-state index in [9.17, 15) is 0 Å². The third kappa shape index (κ3) is 7.64. The van der Waals surface area contributed by atoms with Crippen molar-refractivity contribution in [1.82, 2.24) is 0 Å². The van der Waals surface area contributed by atoms with Gasteiger partial charge in [0.25, 0.3) is 0 Å². The normalized spacial score (nSPS) is 17.4. The second kappa shape index (κ2) is 11.3. The van der Waals surface area contributed by atoms with Crippen LogP contribution >= 0.6 is 11.6 Å². The van der Waals surface area contributed by atoms with Gasteiger partial charge in [-0.15, -0.1) is 11.6 Å². The summed E-state index contributed by atoms with van der Waals surface area (Å²) < 4.78 is 5.78. The SMILES string of the molecule is CCCCCOC1CCCCC1.CCl. The first-order valence-corrected chi connectivity index (χ1v) is 6.68. The Morgan fingerprint density at radius 1 is 1.07 bits per heavy atom. The summed E-state index contributed by atoms with van der Waals surface area (Å²) in [5.74, 6) is 0. The molecule has 0 amide bonds. The topological polar surface area (TPSA) is 9.23 Å². The molecule has 0 aromatic rings. The first-order valence-electron chi connectivity index (χ1n) is 5.93. The molecule has 0 aliphatic heterocycles. The van der Waals surface area contributed by atoms with E-state index in [1.54, 1.807) is 0 Å². The Kier molecular flexibility index (Phi) is 11.5. The molecule has 0 heterocycles. The molecule has 1 fully saturated rings. The van der Waals surface area contributed by atoms with E-state index in [1.807, 2.05) is 0 Å². The lowest BCUT2D eigenvalue weighted by atomic mass is 9.98. The molecular weight excluding hydrogens is 196 g/mol. The number of halogens is 1. The minimum absolute atomic E-state index is 0.607. The van der Waals surface area contributed by atoms with Crippen molar-refractivity contribution in [3.05, 3.63) is 0 Å². The van der Waals surface area contributed by atoms with Crippen molar-refractivity contribution in [2.45, 2.75) is 64.4 Å². The van der Waals surface area contributed by atoms with Crippen molar-refractivity contribution in [3.8, 4) is 0 Å². The molecule has 0 radical (unpaired) electrons. The summed E-state index contributed by atoms with van der Waals surface area (Å²) in [4.78, 5) is 0. The second-order valence-electron chi connectivity index (χ2n) is 3.84. The number of hydrogen-bond acceptors (Lipinski definition) is 1. The van der Waals surface area contributed by atoms with Gasteiger partial charge in [-0.3, -0.25) is 0 Å². The van der Waals surface area contributed by atoms with E-state index in [0.29, 0.717) is 6.10 Å². The van der Waals surface area contributed by atoms with Crippen LogP contribution in [-0.2, 0) is 4.74 Å². The second-order valence-corrected chi connectivity index (χ2v) is 3.84. The van der Waals surface area contributed by atoms with E-state index in [2.05, 4.69) is 18.5 Å². The molecule has 0 saturated heterocycles. The monoisotopic (exact) mass is 220 g/mol. The highest BCUT2D eigenvalue weighted by atomic mass is 35.5. The number of hydrogen-bond donors (Lipinski definition) is 0. The lowest BCUT2D eigenvalue weighted by Gasteiger charge is -2.21. The van der Waals surface area contributed by atoms with Gasteiger partial charge < -0.3 is 4.74 Å². The molecule has 1 nitrogen and oxygen atoms in total. The van der Waals surface area contributed by atoms with Crippen LogP contribution in [0.2, 0.25) is 0 Å². The van der Waals surface area contributed by atoms with Crippen LogP contribution in [-0.4, -0.2) is 19.1 Å². The Bertz CT molecular complexity index is 100. The van der Waals surface area contributed by atoms with Crippen molar-refractivity contribution in [2.75, 3.05) is 13.0 Å². The largest absolute Gasteiger partial charge is 0.378 e. The maximum Gasteiger partial charge on any atom is 0.0575 e. The molecule has 0 unspecified atom stereocenters. The van der Waals surface area contributed by atoms with Gasteiger partial charge in [0.2, 0.25) is 0 Å². The predicted molar refractivity (Wildman–Crippen MR) is 64.1 cm³/mol. The van der Waals surface area contributed by atoms with Crippen LogP contribution in [0.3, 0.4) is 0 Å². The average Bonchev–Trinajstić information content (AvgIpc) is 2.29. The minimum Gasteiger partial charge on any atom is -0.378 e. The quantitative estimate of drug-likeness (QED) is 0.494. The Hall–Kier alpha value is 0.250. The summed E-state index contributed by atoms with van der Waals surface area (Å²) in [6, 6.07) is 0. The van der Waals surface area contributed by atoms with Crippen LogP contribution in [0, 0.1) is 0 Å². The molecule has 1 aliphatic carbocycles. The average molecular weight is 221 g/mol. The molecule has 1 rings (SSSR count). The summed E-state index contributed by atoms with van der Waals surface area (Å²) >= 11 is 4.64. The number of unbranched alkanes of at least 4 members (excludes halogenated alkanes) is 2. The van der Waals surface area contributed by atoms with Gasteiger partial charge in [0.05, 0.1) is 6.10 Å². The van der Waals surface area contributed by atoms with Gasteiger partial charge >= 0.3 is 0 Å². The van der Waals surface area contributed by atoms with E-state index < -0.39 is 0 Å². The standard InChI is InChI=1S/C11H22O.CH3Cl/c1-2-3-7-10-12-11-8-5-4-6-9-11;1-2/h11H,2-10H2,1H3;1H3. The van der Waals surface area contributed by atoms with E-state index in [1.165, 1.54) is 57.7 Å². The van der Waals surface area contributed by atoms with Gasteiger partial charge in [0.15, 0.2) is 0 Å². The summed E-state index contributed by atoms with van der Waals surface area (Å²) in [7, 11) is 0. The van der Waals surface area contributed by atoms with E-state index in [0.717, 1.165) is 6.61 Å². The Labute approximate surface area is 94.2 Å². The maximum absolute atomic E-state index is 5.78. The molecule has 0 N–H and O–H groups in total. The fourth-order valence-corrected chi connectivity index (χ4v) is 1.83. The van der Waals surface area contributed by atoms with Gasteiger partial charge in [-0.2, -0.15) is 0 Å². The van der Waals surface area contributed by atoms with Crippen LogP contribution in [0.25, 0.3) is 0 Å². The van der Waals surface area contributed by atoms with Gasteiger partial charge in [-0.25, -0.2) is 0 Å². The molecule has 2 heteroatoms. The van der Waals surface area contributed by atoms with Crippen LogP contribution in [0.1, 0.15) is 58.3 Å². The highest BCUT2D eigenvalue weighted by Gasteiger charge is 2.12. The smallest absolute Gasteiger partial charge is 0.0575 e. The van der Waals surface area contributed by atoms with Gasteiger partial charge in [0, 0.05) is 13.0 Å². The van der Waals surface area contributed by atoms with Crippen molar-refractivity contribution in [1.29, 1.82) is 0 Å². The van der Waals surface area contributed by atoms with Crippen molar-refractivity contribution >= 4 is 11.6 Å². The predicted octanol–water partition coefficient (Wildman–Crippen LogP) is 4.38. The lowest BCUT2D eigenvalue weighted by molar-refractivity contribution is 0.0264. The van der Waals surface area contributed by atoms with Gasteiger partial charge in [-0.1, -0.05) is 39.0 Å². The first kappa shape index (κ1) is 14.2. The molecule has 14 heavy (non-hydrogen) atoms. The first-order chi connectivity index (χ1) is 6.93.